The molecule has 1 atom stereocenters. The van der Waals surface area contributed by atoms with Crippen molar-refractivity contribution in [2.45, 2.75) is 18.9 Å². The van der Waals surface area contributed by atoms with Crippen molar-refractivity contribution >= 4 is 5.91 Å². The summed E-state index contributed by atoms with van der Waals surface area (Å²) in [5.41, 5.74) is 1.03. The third kappa shape index (κ3) is 1.41. The van der Waals surface area contributed by atoms with E-state index >= 15 is 0 Å². The Morgan fingerprint density at radius 3 is 2.69 bits per heavy atom. The fourth-order valence-corrected chi connectivity index (χ4v) is 2.57. The zero-order valence-electron chi connectivity index (χ0n) is 8.90. The Morgan fingerprint density at radius 2 is 1.94 bits per heavy atom. The van der Waals surface area contributed by atoms with E-state index < -0.39 is 0 Å². The Bertz CT molecular complexity index is 418. The fourth-order valence-electron chi connectivity index (χ4n) is 2.57. The van der Waals surface area contributed by atoms with Crippen molar-refractivity contribution in [3.05, 3.63) is 35.6 Å². The van der Waals surface area contributed by atoms with Crippen molar-refractivity contribution in [1.82, 2.24) is 10.0 Å². The number of rotatable bonds is 1. The van der Waals surface area contributed by atoms with Crippen molar-refractivity contribution in [3.63, 3.8) is 0 Å². The lowest BCUT2D eigenvalue weighted by atomic mass is 10.0. The molecule has 2 aliphatic rings. The highest BCUT2D eigenvalue weighted by atomic mass is 19.1. The second kappa shape index (κ2) is 3.56. The molecule has 2 aliphatic heterocycles. The van der Waals surface area contributed by atoms with Gasteiger partial charge in [-0.15, -0.1) is 0 Å². The maximum absolute atomic E-state index is 12.8. The number of hydrogen-bond donors (Lipinski definition) is 0. The predicted molar refractivity (Wildman–Crippen MR) is 56.8 cm³/mol. The second-order valence-corrected chi connectivity index (χ2v) is 4.30. The van der Waals surface area contributed by atoms with Crippen LogP contribution in [-0.4, -0.2) is 29.0 Å². The molecule has 1 aromatic carbocycles. The molecule has 0 radical (unpaired) electrons. The molecule has 3 nitrogen and oxygen atoms in total. The summed E-state index contributed by atoms with van der Waals surface area (Å²) in [5, 5.41) is 3.93. The molecule has 1 amide bonds. The molecule has 84 valence electrons. The van der Waals surface area contributed by atoms with Crippen LogP contribution in [0.5, 0.6) is 0 Å². The molecule has 2 saturated heterocycles. The Labute approximate surface area is 93.4 Å². The molecule has 0 spiro atoms. The zero-order chi connectivity index (χ0) is 11.1. The summed E-state index contributed by atoms with van der Waals surface area (Å²) in [4.78, 5) is 11.7. The fraction of sp³-hybridized carbons (Fsp3) is 0.417. The van der Waals surface area contributed by atoms with Gasteiger partial charge in [0.1, 0.15) is 5.82 Å². The van der Waals surface area contributed by atoms with Crippen LogP contribution >= 0.6 is 0 Å². The highest BCUT2D eigenvalue weighted by Gasteiger charge is 2.40. The summed E-state index contributed by atoms with van der Waals surface area (Å²) >= 11 is 0. The Balaban J connectivity index is 1.90. The minimum atomic E-state index is -0.230. The highest BCUT2D eigenvalue weighted by molar-refractivity contribution is 5.79. The van der Waals surface area contributed by atoms with Gasteiger partial charge in [-0.25, -0.2) is 9.40 Å². The lowest BCUT2D eigenvalue weighted by Crippen LogP contribution is -2.33. The first-order valence-electron chi connectivity index (χ1n) is 5.58. The Morgan fingerprint density at radius 1 is 1.19 bits per heavy atom. The van der Waals surface area contributed by atoms with Crippen molar-refractivity contribution in [2.24, 2.45) is 0 Å². The van der Waals surface area contributed by atoms with Crippen molar-refractivity contribution < 1.29 is 9.18 Å². The largest absolute Gasteiger partial charge is 0.275 e. The number of amides is 1. The number of carbonyl (C=O) groups is 1. The highest BCUT2D eigenvalue weighted by Crippen LogP contribution is 2.35. The van der Waals surface area contributed by atoms with Gasteiger partial charge in [0.25, 0.3) is 0 Å². The quantitative estimate of drug-likeness (QED) is 0.719. The minimum absolute atomic E-state index is 0.107. The van der Waals surface area contributed by atoms with Crippen molar-refractivity contribution in [1.29, 1.82) is 0 Å². The molecule has 16 heavy (non-hydrogen) atoms. The maximum Gasteiger partial charge on any atom is 0.238 e. The summed E-state index contributed by atoms with van der Waals surface area (Å²) in [6.45, 7) is 1.75. The monoisotopic (exact) mass is 220 g/mol. The smallest absolute Gasteiger partial charge is 0.238 e. The summed E-state index contributed by atoms with van der Waals surface area (Å²) in [5.74, 6) is -0.0434. The molecule has 0 bridgehead atoms. The topological polar surface area (TPSA) is 23.6 Å². The zero-order valence-corrected chi connectivity index (χ0v) is 8.90. The molecular formula is C12H13FN2O. The third-order valence-electron chi connectivity index (χ3n) is 3.34. The SMILES string of the molecule is O=C1C[C@@H](c2ccc(F)cc2)N2CCCN12. The van der Waals surface area contributed by atoms with E-state index in [1.165, 1.54) is 12.1 Å². The maximum atomic E-state index is 12.8. The molecule has 0 N–H and O–H groups in total. The first-order valence-corrected chi connectivity index (χ1v) is 5.58. The number of hydrazine groups is 1. The molecule has 0 unspecified atom stereocenters. The standard InChI is InChI=1S/C12H13FN2O/c13-10-4-2-9(3-5-10)11-8-12(16)15-7-1-6-14(11)15/h2-5,11H,1,6-8H2/t11-/m0/s1. The summed E-state index contributed by atoms with van der Waals surface area (Å²) in [6, 6.07) is 6.57. The van der Waals surface area contributed by atoms with Crippen molar-refractivity contribution in [2.75, 3.05) is 13.1 Å². The third-order valence-corrected chi connectivity index (χ3v) is 3.34. The van der Waals surface area contributed by atoms with Crippen LogP contribution in [0, 0.1) is 5.82 Å². The van der Waals surface area contributed by atoms with Gasteiger partial charge in [0, 0.05) is 19.5 Å². The number of benzene rings is 1. The van der Waals surface area contributed by atoms with Crippen LogP contribution in [0.4, 0.5) is 4.39 Å². The van der Waals surface area contributed by atoms with Gasteiger partial charge >= 0.3 is 0 Å². The molecule has 0 saturated carbocycles. The van der Waals surface area contributed by atoms with Crippen molar-refractivity contribution in [3.8, 4) is 0 Å². The molecular weight excluding hydrogens is 207 g/mol. The van der Waals surface area contributed by atoms with E-state index in [0.717, 1.165) is 25.1 Å². The van der Waals surface area contributed by atoms with Gasteiger partial charge in [0.2, 0.25) is 5.91 Å². The van der Waals surface area contributed by atoms with Gasteiger partial charge in [0.05, 0.1) is 6.04 Å². The van der Waals surface area contributed by atoms with Crippen LogP contribution in [0.25, 0.3) is 0 Å². The lowest BCUT2D eigenvalue weighted by molar-refractivity contribution is -0.134. The molecule has 4 heteroatoms. The van der Waals surface area contributed by atoms with E-state index in [1.807, 2.05) is 5.01 Å². The molecule has 3 rings (SSSR count). The van der Waals surface area contributed by atoms with Gasteiger partial charge in [-0.05, 0) is 24.1 Å². The normalized spacial score (nSPS) is 25.2. The molecule has 0 aromatic heterocycles. The Hall–Kier alpha value is -1.42. The van der Waals surface area contributed by atoms with Crippen LogP contribution in [-0.2, 0) is 4.79 Å². The van der Waals surface area contributed by atoms with Gasteiger partial charge in [-0.1, -0.05) is 12.1 Å². The first kappa shape index (κ1) is 9.78. The predicted octanol–water partition coefficient (Wildman–Crippen LogP) is 1.72. The summed E-state index contributed by atoms with van der Waals surface area (Å²) in [7, 11) is 0. The number of carbonyl (C=O) groups excluding carboxylic acids is 1. The van der Waals surface area contributed by atoms with E-state index in [-0.39, 0.29) is 17.8 Å². The van der Waals surface area contributed by atoms with Crippen LogP contribution in [0.1, 0.15) is 24.4 Å². The van der Waals surface area contributed by atoms with Crippen LogP contribution < -0.4 is 0 Å². The number of nitrogens with zero attached hydrogens (tertiary/aromatic N) is 2. The van der Waals surface area contributed by atoms with Crippen LogP contribution in [0.15, 0.2) is 24.3 Å². The van der Waals surface area contributed by atoms with Gasteiger partial charge < -0.3 is 0 Å². The van der Waals surface area contributed by atoms with Gasteiger partial charge in [0.15, 0.2) is 0 Å². The molecule has 0 aliphatic carbocycles. The van der Waals surface area contributed by atoms with Crippen LogP contribution in [0.2, 0.25) is 0 Å². The van der Waals surface area contributed by atoms with E-state index in [4.69, 9.17) is 0 Å². The Kier molecular flexibility index (Phi) is 2.17. The van der Waals surface area contributed by atoms with E-state index in [1.54, 1.807) is 12.1 Å². The van der Waals surface area contributed by atoms with E-state index in [2.05, 4.69) is 5.01 Å². The molecule has 2 heterocycles. The molecule has 2 fully saturated rings. The number of hydrogen-bond acceptors (Lipinski definition) is 2. The van der Waals surface area contributed by atoms with E-state index in [0.29, 0.717) is 6.42 Å². The second-order valence-electron chi connectivity index (χ2n) is 4.30. The first-order chi connectivity index (χ1) is 7.75. The number of fused-ring (bicyclic) bond motifs is 1. The van der Waals surface area contributed by atoms with Gasteiger partial charge in [-0.3, -0.25) is 9.80 Å². The number of halogens is 1. The molecule has 1 aromatic rings. The minimum Gasteiger partial charge on any atom is -0.275 e. The lowest BCUT2D eigenvalue weighted by Gasteiger charge is -2.24. The summed E-state index contributed by atoms with van der Waals surface area (Å²) in [6.07, 6.45) is 1.55. The van der Waals surface area contributed by atoms with E-state index in [9.17, 15) is 9.18 Å². The average molecular weight is 220 g/mol. The van der Waals surface area contributed by atoms with Gasteiger partial charge in [-0.2, -0.15) is 0 Å². The summed E-state index contributed by atoms with van der Waals surface area (Å²) < 4.78 is 12.8. The van der Waals surface area contributed by atoms with Crippen LogP contribution in [0.3, 0.4) is 0 Å². The average Bonchev–Trinajstić information content (AvgIpc) is 2.84.